The fourth-order valence-electron chi connectivity index (χ4n) is 0.862. The van der Waals surface area contributed by atoms with E-state index in [1.54, 1.807) is 21.3 Å². The lowest BCUT2D eigenvalue weighted by Crippen LogP contribution is -2.63. The summed E-state index contributed by atoms with van der Waals surface area (Å²) in [6, 6.07) is 0. The first-order valence-electron chi connectivity index (χ1n) is 3.84. The minimum atomic E-state index is -2.60. The monoisotopic (exact) mass is 193 g/mol. The molecule has 0 aromatic heterocycles. The van der Waals surface area contributed by atoms with E-state index in [1.807, 2.05) is 20.8 Å². The van der Waals surface area contributed by atoms with Gasteiger partial charge in [0.2, 0.25) is 0 Å². The molecule has 4 nitrogen and oxygen atoms in total. The van der Waals surface area contributed by atoms with Gasteiger partial charge in [-0.05, 0) is 20.8 Å². The normalized spacial score (nSPS) is 13.5. The highest BCUT2D eigenvalue weighted by Gasteiger charge is 2.42. The number of rotatable bonds is 4. The van der Waals surface area contributed by atoms with Gasteiger partial charge in [-0.1, -0.05) is 0 Å². The lowest BCUT2D eigenvalue weighted by molar-refractivity contribution is 0.0996. The predicted octanol–water partition coefficient (Wildman–Crippen LogP) is 0.749. The van der Waals surface area contributed by atoms with Crippen LogP contribution in [0.3, 0.4) is 0 Å². The summed E-state index contributed by atoms with van der Waals surface area (Å²) in [4.78, 5) is 3.19. The highest BCUT2D eigenvalue weighted by molar-refractivity contribution is 6.57. The first-order chi connectivity index (χ1) is 5.39. The van der Waals surface area contributed by atoms with Crippen molar-refractivity contribution in [1.29, 1.82) is 0 Å². The minimum Gasteiger partial charge on any atom is -0.364 e. The van der Waals surface area contributed by atoms with Gasteiger partial charge in [0.05, 0.1) is 0 Å². The molecule has 0 fully saturated rings. The average molecular weight is 193 g/mol. The van der Waals surface area contributed by atoms with Crippen LogP contribution in [0.25, 0.3) is 0 Å². The van der Waals surface area contributed by atoms with Gasteiger partial charge < -0.3 is 13.3 Å². The van der Waals surface area contributed by atoms with Gasteiger partial charge >= 0.3 is 8.97 Å². The van der Waals surface area contributed by atoms with Crippen molar-refractivity contribution in [3.63, 3.8) is 0 Å². The quantitative estimate of drug-likeness (QED) is 0.669. The molecule has 0 spiro atoms. The van der Waals surface area contributed by atoms with Gasteiger partial charge in [0.15, 0.2) is 0 Å². The molecule has 1 N–H and O–H groups in total. The largest absolute Gasteiger partial charge is 0.596 e. The molecule has 74 valence electrons. The van der Waals surface area contributed by atoms with Crippen LogP contribution in [0.1, 0.15) is 20.8 Å². The third-order valence-electron chi connectivity index (χ3n) is 1.33. The van der Waals surface area contributed by atoms with E-state index in [-0.39, 0.29) is 5.54 Å². The highest BCUT2D eigenvalue weighted by Crippen LogP contribution is 2.09. The van der Waals surface area contributed by atoms with E-state index < -0.39 is 8.97 Å². The lowest BCUT2D eigenvalue weighted by Gasteiger charge is -2.32. The predicted molar refractivity (Wildman–Crippen MR) is 49.7 cm³/mol. The van der Waals surface area contributed by atoms with Crippen molar-refractivity contribution in [3.8, 4) is 0 Å². The zero-order chi connectivity index (χ0) is 9.83. The van der Waals surface area contributed by atoms with Crippen molar-refractivity contribution >= 4 is 8.97 Å². The molecule has 0 bridgehead atoms. The van der Waals surface area contributed by atoms with Crippen LogP contribution in [0.2, 0.25) is 0 Å². The summed E-state index contributed by atoms with van der Waals surface area (Å²) in [5.74, 6) is 0. The Bertz CT molecular complexity index is 123. The summed E-state index contributed by atoms with van der Waals surface area (Å²) >= 11 is 0. The van der Waals surface area contributed by atoms with Crippen LogP contribution >= 0.6 is 0 Å². The Labute approximate surface area is 75.7 Å². The van der Waals surface area contributed by atoms with Crippen LogP contribution in [0.5, 0.6) is 0 Å². The van der Waals surface area contributed by atoms with Gasteiger partial charge in [0.1, 0.15) is 0 Å². The second-order valence-corrected chi connectivity index (χ2v) is 6.13. The Hall–Kier alpha value is 0.0569. The van der Waals surface area contributed by atoms with E-state index in [2.05, 4.69) is 4.98 Å². The van der Waals surface area contributed by atoms with Gasteiger partial charge in [-0.2, -0.15) is 0 Å². The minimum absolute atomic E-state index is 0.0751. The maximum absolute atomic E-state index is 5.20. The molecule has 0 rings (SSSR count). The van der Waals surface area contributed by atoms with Crippen LogP contribution in [0.15, 0.2) is 0 Å². The van der Waals surface area contributed by atoms with Crippen LogP contribution in [-0.2, 0) is 13.3 Å². The van der Waals surface area contributed by atoms with Crippen molar-refractivity contribution in [2.45, 2.75) is 26.3 Å². The van der Waals surface area contributed by atoms with Crippen LogP contribution in [0, 0.1) is 0 Å². The molecule has 0 aliphatic heterocycles. The Morgan fingerprint density at radius 2 is 1.25 bits per heavy atom. The van der Waals surface area contributed by atoms with Gasteiger partial charge in [-0.15, -0.1) is 0 Å². The molecule has 0 aliphatic rings. The third-order valence-corrected chi connectivity index (χ3v) is 4.00. The van der Waals surface area contributed by atoms with Crippen molar-refractivity contribution in [2.24, 2.45) is 0 Å². The summed E-state index contributed by atoms with van der Waals surface area (Å²) in [7, 11) is 2.14. The first-order valence-corrected chi connectivity index (χ1v) is 5.56. The second kappa shape index (κ2) is 4.34. The summed E-state index contributed by atoms with van der Waals surface area (Å²) in [6.07, 6.45) is 0. The van der Waals surface area contributed by atoms with E-state index in [9.17, 15) is 0 Å². The molecule has 0 radical (unpaired) electrons. The van der Waals surface area contributed by atoms with Crippen molar-refractivity contribution in [2.75, 3.05) is 21.3 Å². The molecule has 0 amide bonds. The molecule has 0 atom stereocenters. The molecule has 0 aliphatic carbocycles. The Morgan fingerprint density at radius 1 is 0.917 bits per heavy atom. The van der Waals surface area contributed by atoms with Gasteiger partial charge in [0.25, 0.3) is 0 Å². The maximum atomic E-state index is 5.20. The molecule has 5 heteroatoms. The number of hydrogen-bond donors (Lipinski definition) is 1. The second-order valence-electron chi connectivity index (χ2n) is 3.54. The SMILES string of the molecule is CO[Si](NC(C)(C)C)(OC)OC. The zero-order valence-electron chi connectivity index (χ0n) is 8.72. The fourth-order valence-corrected chi connectivity index (χ4v) is 2.59. The molecule has 0 saturated heterocycles. The molecule has 0 unspecified atom stereocenters. The zero-order valence-corrected chi connectivity index (χ0v) is 9.72. The van der Waals surface area contributed by atoms with Crippen LogP contribution in [-0.4, -0.2) is 35.8 Å². The van der Waals surface area contributed by atoms with Crippen molar-refractivity contribution in [1.82, 2.24) is 4.98 Å². The smallest absolute Gasteiger partial charge is 0.364 e. The van der Waals surface area contributed by atoms with E-state index in [0.29, 0.717) is 0 Å². The molecule has 0 heterocycles. The molecule has 12 heavy (non-hydrogen) atoms. The summed E-state index contributed by atoms with van der Waals surface area (Å²) < 4.78 is 15.6. The van der Waals surface area contributed by atoms with Crippen LogP contribution < -0.4 is 4.98 Å². The third kappa shape index (κ3) is 3.64. The lowest BCUT2D eigenvalue weighted by atomic mass is 10.1. The fraction of sp³-hybridized carbons (Fsp3) is 1.00. The standard InChI is InChI=1S/C7H19NO3Si/c1-7(2,3)8-12(9-4,10-5)11-6/h8H,1-6H3. The van der Waals surface area contributed by atoms with E-state index >= 15 is 0 Å². The molecule has 0 aromatic carbocycles. The summed E-state index contributed by atoms with van der Waals surface area (Å²) in [5, 5.41) is 0. The van der Waals surface area contributed by atoms with Gasteiger partial charge in [0, 0.05) is 26.9 Å². The Morgan fingerprint density at radius 3 is 1.33 bits per heavy atom. The van der Waals surface area contributed by atoms with Gasteiger partial charge in [-0.3, -0.25) is 4.98 Å². The van der Waals surface area contributed by atoms with E-state index in [4.69, 9.17) is 13.3 Å². The van der Waals surface area contributed by atoms with Crippen molar-refractivity contribution < 1.29 is 13.3 Å². The summed E-state index contributed by atoms with van der Waals surface area (Å²) in [6.45, 7) is 6.10. The van der Waals surface area contributed by atoms with E-state index in [1.165, 1.54) is 0 Å². The molecular formula is C7H19NO3Si. The summed E-state index contributed by atoms with van der Waals surface area (Å²) in [5.41, 5.74) is -0.0751. The Kier molecular flexibility index (Phi) is 4.36. The average Bonchev–Trinajstić information content (AvgIpc) is 1.99. The van der Waals surface area contributed by atoms with Crippen molar-refractivity contribution in [3.05, 3.63) is 0 Å². The molecule has 0 saturated carbocycles. The molecule has 0 aromatic rings. The first kappa shape index (κ1) is 12.1. The number of nitrogens with one attached hydrogen (secondary N) is 1. The topological polar surface area (TPSA) is 39.7 Å². The maximum Gasteiger partial charge on any atom is 0.596 e. The van der Waals surface area contributed by atoms with Crippen LogP contribution in [0.4, 0.5) is 0 Å². The Balaban J connectivity index is 4.30. The van der Waals surface area contributed by atoms with Gasteiger partial charge in [-0.25, -0.2) is 0 Å². The molecular weight excluding hydrogens is 174 g/mol. The highest BCUT2D eigenvalue weighted by atomic mass is 28.4. The number of hydrogen-bond acceptors (Lipinski definition) is 4. The van der Waals surface area contributed by atoms with E-state index in [0.717, 1.165) is 0 Å².